The molecule has 26 heavy (non-hydrogen) atoms. The highest BCUT2D eigenvalue weighted by atomic mass is 32.2. The smallest absolute Gasteiger partial charge is 0.348 e. The van der Waals surface area contributed by atoms with Crippen molar-refractivity contribution in [1.29, 1.82) is 5.26 Å². The third kappa shape index (κ3) is 5.00. The summed E-state index contributed by atoms with van der Waals surface area (Å²) in [6.45, 7) is 8.14. The summed E-state index contributed by atoms with van der Waals surface area (Å²) in [5.74, 6) is 0.257. The van der Waals surface area contributed by atoms with E-state index in [1.807, 2.05) is 38.1 Å². The van der Waals surface area contributed by atoms with Crippen LogP contribution < -0.4 is 0 Å². The molecule has 0 spiro atoms. The van der Waals surface area contributed by atoms with Crippen LogP contribution in [0.2, 0.25) is 0 Å². The molecule has 0 saturated heterocycles. The van der Waals surface area contributed by atoms with Crippen LogP contribution in [-0.2, 0) is 15.3 Å². The van der Waals surface area contributed by atoms with Gasteiger partial charge in [0.1, 0.15) is 11.6 Å². The maximum absolute atomic E-state index is 11.9. The predicted octanol–water partition coefficient (Wildman–Crippen LogP) is 5.37. The van der Waals surface area contributed by atoms with Crippen LogP contribution in [0.4, 0.5) is 0 Å². The molecule has 0 aliphatic rings. The topological polar surface area (TPSA) is 50.1 Å². The van der Waals surface area contributed by atoms with Gasteiger partial charge in [-0.1, -0.05) is 35.9 Å². The van der Waals surface area contributed by atoms with E-state index in [2.05, 4.69) is 25.1 Å². The normalized spacial score (nSPS) is 11.1. The number of aryl methyl sites for hydroxylation is 2. The first-order valence-corrected chi connectivity index (χ1v) is 9.52. The fourth-order valence-electron chi connectivity index (χ4n) is 2.64. The van der Waals surface area contributed by atoms with Gasteiger partial charge in [-0.2, -0.15) is 5.26 Å². The van der Waals surface area contributed by atoms with E-state index in [0.717, 1.165) is 22.4 Å². The number of thioether (sulfide) groups is 1. The highest BCUT2D eigenvalue weighted by Crippen LogP contribution is 2.29. The number of benzene rings is 2. The van der Waals surface area contributed by atoms with Crippen LogP contribution in [-0.4, -0.2) is 12.6 Å². The fraction of sp³-hybridized carbons (Fsp3) is 0.273. The summed E-state index contributed by atoms with van der Waals surface area (Å²) in [6, 6.07) is 14.4. The summed E-state index contributed by atoms with van der Waals surface area (Å²) < 4.78 is 4.95. The molecular formula is C22H23NO2S. The minimum absolute atomic E-state index is 0.0260. The number of nitrogens with zero attached hydrogens (tertiary/aromatic N) is 1. The molecule has 3 nitrogen and oxygen atoms in total. The molecule has 4 heteroatoms. The zero-order valence-electron chi connectivity index (χ0n) is 15.6. The molecule has 2 aromatic rings. The van der Waals surface area contributed by atoms with E-state index in [0.29, 0.717) is 0 Å². The van der Waals surface area contributed by atoms with Gasteiger partial charge in [0.25, 0.3) is 0 Å². The van der Waals surface area contributed by atoms with Gasteiger partial charge < -0.3 is 4.74 Å². The van der Waals surface area contributed by atoms with E-state index in [9.17, 15) is 10.1 Å². The van der Waals surface area contributed by atoms with Crippen molar-refractivity contribution < 1.29 is 9.53 Å². The van der Waals surface area contributed by atoms with Crippen LogP contribution in [0, 0.1) is 32.1 Å². The van der Waals surface area contributed by atoms with Crippen LogP contribution in [0.15, 0.2) is 46.9 Å². The van der Waals surface area contributed by atoms with Gasteiger partial charge in [-0.15, -0.1) is 11.8 Å². The molecule has 134 valence electrons. The Morgan fingerprint density at radius 2 is 1.96 bits per heavy atom. The molecule has 0 fully saturated rings. The molecule has 0 bridgehead atoms. The van der Waals surface area contributed by atoms with Crippen LogP contribution in [0.25, 0.3) is 6.08 Å². The summed E-state index contributed by atoms with van der Waals surface area (Å²) in [6.07, 6.45) is 1.63. The lowest BCUT2D eigenvalue weighted by Crippen LogP contribution is -2.06. The SMILES string of the molecule is CCOC(=O)C(C#N)=Cc1cc(C)cc(CSc2ccccc2C)c1C. The highest BCUT2D eigenvalue weighted by Gasteiger charge is 2.12. The van der Waals surface area contributed by atoms with Crippen molar-refractivity contribution >= 4 is 23.8 Å². The fourth-order valence-corrected chi connectivity index (χ4v) is 3.72. The molecule has 0 saturated carbocycles. The van der Waals surface area contributed by atoms with Crippen molar-refractivity contribution in [2.45, 2.75) is 38.3 Å². The van der Waals surface area contributed by atoms with Gasteiger partial charge in [0.05, 0.1) is 6.61 Å². The number of hydrogen-bond donors (Lipinski definition) is 0. The summed E-state index contributed by atoms with van der Waals surface area (Å²) in [5.41, 5.74) is 5.55. The van der Waals surface area contributed by atoms with Crippen molar-refractivity contribution in [1.82, 2.24) is 0 Å². The summed E-state index contributed by atoms with van der Waals surface area (Å²) in [5, 5.41) is 9.27. The average Bonchev–Trinajstić information content (AvgIpc) is 2.62. The Morgan fingerprint density at radius 1 is 1.23 bits per heavy atom. The molecule has 0 heterocycles. The molecule has 0 radical (unpaired) electrons. The minimum atomic E-state index is -0.577. The number of ether oxygens (including phenoxy) is 1. The van der Waals surface area contributed by atoms with Crippen molar-refractivity contribution in [3.63, 3.8) is 0 Å². The molecule has 2 rings (SSSR count). The number of carbonyl (C=O) groups excluding carboxylic acids is 1. The zero-order chi connectivity index (χ0) is 19.1. The van der Waals surface area contributed by atoms with Crippen molar-refractivity contribution in [3.8, 4) is 6.07 Å². The van der Waals surface area contributed by atoms with Crippen LogP contribution in [0.5, 0.6) is 0 Å². The lowest BCUT2D eigenvalue weighted by atomic mass is 9.98. The Labute approximate surface area is 159 Å². The van der Waals surface area contributed by atoms with Crippen LogP contribution in [0.3, 0.4) is 0 Å². The second kappa shape index (κ2) is 9.26. The second-order valence-corrected chi connectivity index (χ2v) is 7.10. The Morgan fingerprint density at radius 3 is 2.62 bits per heavy atom. The third-order valence-corrected chi connectivity index (χ3v) is 5.32. The number of carbonyl (C=O) groups is 1. The predicted molar refractivity (Wildman–Crippen MR) is 107 cm³/mol. The number of rotatable bonds is 6. The first-order chi connectivity index (χ1) is 12.5. The highest BCUT2D eigenvalue weighted by molar-refractivity contribution is 7.98. The maximum Gasteiger partial charge on any atom is 0.348 e. The van der Waals surface area contributed by atoms with Crippen molar-refractivity contribution in [3.05, 3.63) is 69.8 Å². The monoisotopic (exact) mass is 365 g/mol. The van der Waals surface area contributed by atoms with Gasteiger partial charge in [0.15, 0.2) is 0 Å². The molecule has 0 atom stereocenters. The molecule has 0 amide bonds. The first-order valence-electron chi connectivity index (χ1n) is 8.53. The number of esters is 1. The van der Waals surface area contributed by atoms with E-state index < -0.39 is 5.97 Å². The van der Waals surface area contributed by atoms with Crippen LogP contribution in [0.1, 0.15) is 34.7 Å². The summed E-state index contributed by atoms with van der Waals surface area (Å²) in [7, 11) is 0. The minimum Gasteiger partial charge on any atom is -0.462 e. The molecule has 0 aliphatic carbocycles. The number of hydrogen-bond acceptors (Lipinski definition) is 4. The van der Waals surface area contributed by atoms with Gasteiger partial charge in [-0.3, -0.25) is 0 Å². The van der Waals surface area contributed by atoms with Crippen LogP contribution >= 0.6 is 11.8 Å². The molecular weight excluding hydrogens is 342 g/mol. The lowest BCUT2D eigenvalue weighted by Gasteiger charge is -2.12. The van der Waals surface area contributed by atoms with Gasteiger partial charge in [0.2, 0.25) is 0 Å². The van der Waals surface area contributed by atoms with E-state index in [-0.39, 0.29) is 12.2 Å². The zero-order valence-corrected chi connectivity index (χ0v) is 16.4. The quantitative estimate of drug-likeness (QED) is 0.299. The van der Waals surface area contributed by atoms with E-state index in [4.69, 9.17) is 4.74 Å². The molecule has 2 aromatic carbocycles. The number of nitriles is 1. The van der Waals surface area contributed by atoms with Gasteiger partial charge in [0, 0.05) is 10.6 Å². The van der Waals surface area contributed by atoms with E-state index in [1.54, 1.807) is 24.8 Å². The maximum atomic E-state index is 11.9. The first kappa shape index (κ1) is 19.8. The summed E-state index contributed by atoms with van der Waals surface area (Å²) >= 11 is 1.79. The van der Waals surface area contributed by atoms with Crippen molar-refractivity contribution in [2.75, 3.05) is 6.61 Å². The molecule has 0 N–H and O–H groups in total. The second-order valence-electron chi connectivity index (χ2n) is 6.08. The van der Waals surface area contributed by atoms with Crippen molar-refractivity contribution in [2.24, 2.45) is 0 Å². The lowest BCUT2D eigenvalue weighted by molar-refractivity contribution is -0.137. The Kier molecular flexibility index (Phi) is 7.06. The van der Waals surface area contributed by atoms with E-state index in [1.165, 1.54) is 16.0 Å². The van der Waals surface area contributed by atoms with Gasteiger partial charge in [-0.25, -0.2) is 4.79 Å². The Bertz CT molecular complexity index is 878. The molecule has 0 unspecified atom stereocenters. The Hall–Kier alpha value is -2.51. The molecule has 0 aliphatic heterocycles. The average molecular weight is 365 g/mol. The van der Waals surface area contributed by atoms with Gasteiger partial charge in [-0.05, 0) is 62.1 Å². The summed E-state index contributed by atoms with van der Waals surface area (Å²) in [4.78, 5) is 13.1. The largest absolute Gasteiger partial charge is 0.462 e. The third-order valence-electron chi connectivity index (χ3n) is 4.09. The standard InChI is InChI=1S/C22H23NO2S/c1-5-25-22(24)19(13-23)12-18-10-15(2)11-20(17(18)4)14-26-21-9-7-6-8-16(21)3/h6-12H,5,14H2,1-4H3. The van der Waals surface area contributed by atoms with Gasteiger partial charge >= 0.3 is 5.97 Å². The van der Waals surface area contributed by atoms with E-state index >= 15 is 0 Å². The Balaban J connectivity index is 2.32. The molecule has 0 aromatic heterocycles.